The molecular weight excluding hydrogens is 382 g/mol. The lowest BCUT2D eigenvalue weighted by atomic mass is 9.97. The van der Waals surface area contributed by atoms with Crippen LogP contribution in [-0.2, 0) is 16.1 Å². The first-order valence-corrected chi connectivity index (χ1v) is 10.3. The predicted molar refractivity (Wildman–Crippen MR) is 112 cm³/mol. The molecule has 1 aromatic carbocycles. The first-order chi connectivity index (χ1) is 14.5. The van der Waals surface area contributed by atoms with Gasteiger partial charge in [0.1, 0.15) is 11.5 Å². The Morgan fingerprint density at radius 2 is 1.80 bits per heavy atom. The first kappa shape index (κ1) is 20.4. The highest BCUT2D eigenvalue weighted by atomic mass is 16.3. The summed E-state index contributed by atoms with van der Waals surface area (Å²) in [4.78, 5) is 32.3. The maximum atomic E-state index is 13.4. The zero-order valence-electron chi connectivity index (χ0n) is 17.4. The van der Waals surface area contributed by atoms with Gasteiger partial charge in [0.25, 0.3) is 11.8 Å². The zero-order chi connectivity index (χ0) is 21.3. The molecular formula is C23H27N3O4. The van der Waals surface area contributed by atoms with E-state index in [9.17, 15) is 14.7 Å². The van der Waals surface area contributed by atoms with E-state index in [2.05, 4.69) is 4.90 Å². The topological polar surface area (TPSA) is 77.2 Å². The van der Waals surface area contributed by atoms with Crippen molar-refractivity contribution in [3.05, 3.63) is 64.7 Å². The molecule has 2 aromatic rings. The van der Waals surface area contributed by atoms with Crippen LogP contribution in [0.2, 0.25) is 0 Å². The third kappa shape index (κ3) is 3.78. The zero-order valence-corrected chi connectivity index (χ0v) is 17.4. The average molecular weight is 409 g/mol. The van der Waals surface area contributed by atoms with Crippen LogP contribution in [0.3, 0.4) is 0 Å². The van der Waals surface area contributed by atoms with E-state index < -0.39 is 0 Å². The Hall–Kier alpha value is -2.90. The summed E-state index contributed by atoms with van der Waals surface area (Å²) < 4.78 is 5.39. The summed E-state index contributed by atoms with van der Waals surface area (Å²) in [5.74, 6) is 0.0174. The number of rotatable bonds is 6. The Balaban J connectivity index is 1.71. The molecule has 158 valence electrons. The van der Waals surface area contributed by atoms with Crippen LogP contribution < -0.4 is 0 Å². The van der Waals surface area contributed by atoms with E-state index in [4.69, 9.17) is 4.42 Å². The minimum absolute atomic E-state index is 0.116. The van der Waals surface area contributed by atoms with Crippen LogP contribution in [0.4, 0.5) is 0 Å². The molecule has 2 aliphatic heterocycles. The van der Waals surface area contributed by atoms with Crippen LogP contribution in [0.25, 0.3) is 5.57 Å². The SMILES string of the molecule is Cc1ccc(C2=C(N3CCN(CCO)CC3)C(=O)N(Cc3ccco3)C2=O)c(C)c1. The van der Waals surface area contributed by atoms with Gasteiger partial charge in [-0.05, 0) is 37.1 Å². The molecule has 0 atom stereocenters. The number of nitrogens with zero attached hydrogens (tertiary/aromatic N) is 3. The number of benzene rings is 1. The van der Waals surface area contributed by atoms with E-state index in [-0.39, 0.29) is 25.0 Å². The Kier molecular flexibility index (Phi) is 5.74. The number of carbonyl (C=O) groups is 2. The van der Waals surface area contributed by atoms with Crippen molar-refractivity contribution in [2.75, 3.05) is 39.3 Å². The van der Waals surface area contributed by atoms with E-state index in [1.165, 1.54) is 4.90 Å². The molecule has 0 radical (unpaired) electrons. The van der Waals surface area contributed by atoms with Crippen molar-refractivity contribution in [3.8, 4) is 0 Å². The second kappa shape index (κ2) is 8.45. The van der Waals surface area contributed by atoms with Gasteiger partial charge in [0.05, 0.1) is 25.0 Å². The van der Waals surface area contributed by atoms with Crippen LogP contribution in [-0.4, -0.2) is 71.0 Å². The van der Waals surface area contributed by atoms with Crippen molar-refractivity contribution in [1.82, 2.24) is 14.7 Å². The maximum Gasteiger partial charge on any atom is 0.278 e. The van der Waals surface area contributed by atoms with E-state index in [1.807, 2.05) is 36.9 Å². The van der Waals surface area contributed by atoms with Gasteiger partial charge in [0.15, 0.2) is 0 Å². The Labute approximate surface area is 176 Å². The first-order valence-electron chi connectivity index (χ1n) is 10.3. The van der Waals surface area contributed by atoms with Gasteiger partial charge >= 0.3 is 0 Å². The summed E-state index contributed by atoms with van der Waals surface area (Å²) in [6.45, 7) is 7.59. The number of piperazine rings is 1. The fourth-order valence-corrected chi connectivity index (χ4v) is 4.23. The molecule has 0 aliphatic carbocycles. The Morgan fingerprint density at radius 3 is 2.43 bits per heavy atom. The molecule has 0 saturated carbocycles. The lowest BCUT2D eigenvalue weighted by molar-refractivity contribution is -0.138. The quantitative estimate of drug-likeness (QED) is 0.733. The normalized spacial score (nSPS) is 18.1. The number of aryl methyl sites for hydroxylation is 2. The molecule has 1 saturated heterocycles. The van der Waals surface area contributed by atoms with E-state index in [0.29, 0.717) is 36.7 Å². The van der Waals surface area contributed by atoms with Crippen molar-refractivity contribution in [2.45, 2.75) is 20.4 Å². The summed E-state index contributed by atoms with van der Waals surface area (Å²) in [6, 6.07) is 9.46. The number of amides is 2. The number of imide groups is 1. The van der Waals surface area contributed by atoms with Gasteiger partial charge in [-0.1, -0.05) is 23.8 Å². The van der Waals surface area contributed by atoms with Crippen molar-refractivity contribution in [2.24, 2.45) is 0 Å². The predicted octanol–water partition coefficient (Wildman–Crippen LogP) is 1.79. The molecule has 7 nitrogen and oxygen atoms in total. The van der Waals surface area contributed by atoms with Crippen molar-refractivity contribution in [1.29, 1.82) is 0 Å². The van der Waals surface area contributed by atoms with Gasteiger partial charge in [-0.3, -0.25) is 19.4 Å². The van der Waals surface area contributed by atoms with E-state index in [1.54, 1.807) is 18.4 Å². The molecule has 3 heterocycles. The van der Waals surface area contributed by atoms with Gasteiger partial charge < -0.3 is 14.4 Å². The molecule has 0 spiro atoms. The second-order valence-corrected chi connectivity index (χ2v) is 7.87. The number of hydrogen-bond donors (Lipinski definition) is 1. The van der Waals surface area contributed by atoms with Crippen LogP contribution in [0.5, 0.6) is 0 Å². The summed E-state index contributed by atoms with van der Waals surface area (Å²) in [6.07, 6.45) is 1.54. The average Bonchev–Trinajstić information content (AvgIpc) is 3.32. The molecule has 0 unspecified atom stereocenters. The highest BCUT2D eigenvalue weighted by molar-refractivity contribution is 6.35. The maximum absolute atomic E-state index is 13.4. The van der Waals surface area contributed by atoms with E-state index in [0.717, 1.165) is 29.8 Å². The summed E-state index contributed by atoms with van der Waals surface area (Å²) in [5, 5.41) is 9.19. The van der Waals surface area contributed by atoms with Gasteiger partial charge in [-0.25, -0.2) is 0 Å². The highest BCUT2D eigenvalue weighted by Gasteiger charge is 2.42. The minimum Gasteiger partial charge on any atom is -0.467 e. The van der Waals surface area contributed by atoms with E-state index >= 15 is 0 Å². The van der Waals surface area contributed by atoms with Gasteiger partial charge in [0, 0.05) is 32.7 Å². The molecule has 0 bridgehead atoms. The number of carbonyl (C=O) groups excluding carboxylic acids is 2. The van der Waals surface area contributed by atoms with Gasteiger partial charge in [-0.2, -0.15) is 0 Å². The molecule has 1 aromatic heterocycles. The Morgan fingerprint density at radius 1 is 1.03 bits per heavy atom. The third-order valence-corrected chi connectivity index (χ3v) is 5.79. The van der Waals surface area contributed by atoms with Crippen LogP contribution >= 0.6 is 0 Å². The standard InChI is InChI=1S/C23H27N3O4/c1-16-5-6-19(17(2)14-16)20-21(25-9-7-24(8-10-25)11-12-27)23(29)26(22(20)28)15-18-4-3-13-30-18/h3-6,13-14,27H,7-12,15H2,1-2H3. The number of β-amino-alcohol motifs (C(OH)–C–C–N with tert-alkyl or cyclic N) is 1. The fourth-order valence-electron chi connectivity index (χ4n) is 4.23. The molecule has 2 aliphatic rings. The fraction of sp³-hybridized carbons (Fsp3) is 0.391. The second-order valence-electron chi connectivity index (χ2n) is 7.87. The molecule has 1 fully saturated rings. The lowest BCUT2D eigenvalue weighted by Crippen LogP contribution is -2.48. The van der Waals surface area contributed by atoms with Gasteiger partial charge in [-0.15, -0.1) is 0 Å². The Bertz CT molecular complexity index is 972. The van der Waals surface area contributed by atoms with Gasteiger partial charge in [0.2, 0.25) is 0 Å². The van der Waals surface area contributed by atoms with Crippen molar-refractivity contribution >= 4 is 17.4 Å². The number of furan rings is 1. The summed E-state index contributed by atoms with van der Waals surface area (Å²) in [7, 11) is 0. The lowest BCUT2D eigenvalue weighted by Gasteiger charge is -2.36. The molecule has 4 rings (SSSR count). The molecule has 30 heavy (non-hydrogen) atoms. The van der Waals surface area contributed by atoms with Crippen molar-refractivity contribution < 1.29 is 19.1 Å². The third-order valence-electron chi connectivity index (χ3n) is 5.79. The summed E-state index contributed by atoms with van der Waals surface area (Å²) in [5.41, 5.74) is 3.83. The number of aliphatic hydroxyl groups excluding tert-OH is 1. The largest absolute Gasteiger partial charge is 0.467 e. The molecule has 7 heteroatoms. The highest BCUT2D eigenvalue weighted by Crippen LogP contribution is 2.34. The smallest absolute Gasteiger partial charge is 0.278 e. The van der Waals surface area contributed by atoms with Crippen LogP contribution in [0.15, 0.2) is 46.7 Å². The number of aliphatic hydroxyl groups is 1. The van der Waals surface area contributed by atoms with Crippen LogP contribution in [0, 0.1) is 13.8 Å². The molecule has 2 amide bonds. The molecule has 1 N–H and O–H groups in total. The number of hydrogen-bond acceptors (Lipinski definition) is 6. The minimum atomic E-state index is -0.281. The summed E-state index contributed by atoms with van der Waals surface area (Å²) >= 11 is 0. The monoisotopic (exact) mass is 409 g/mol. The van der Waals surface area contributed by atoms with Crippen molar-refractivity contribution in [3.63, 3.8) is 0 Å². The van der Waals surface area contributed by atoms with Crippen LogP contribution in [0.1, 0.15) is 22.5 Å².